The van der Waals surface area contributed by atoms with E-state index in [0.29, 0.717) is 36.6 Å². The third-order valence-electron chi connectivity index (χ3n) is 4.70. The maximum absolute atomic E-state index is 12.6. The van der Waals surface area contributed by atoms with E-state index < -0.39 is 0 Å². The number of aromatic amines is 1. The van der Waals surface area contributed by atoms with Crippen LogP contribution in [0, 0.1) is 18.8 Å². The van der Waals surface area contributed by atoms with Crippen LogP contribution in [0.25, 0.3) is 0 Å². The van der Waals surface area contributed by atoms with E-state index in [9.17, 15) is 14.7 Å². The summed E-state index contributed by atoms with van der Waals surface area (Å²) < 4.78 is 0. The molecule has 1 amide bonds. The Kier molecular flexibility index (Phi) is 6.12. The number of aromatic nitrogens is 2. The van der Waals surface area contributed by atoms with Crippen molar-refractivity contribution in [1.82, 2.24) is 19.8 Å². The van der Waals surface area contributed by atoms with Gasteiger partial charge < -0.3 is 19.9 Å². The van der Waals surface area contributed by atoms with Gasteiger partial charge in [0.15, 0.2) is 0 Å². The van der Waals surface area contributed by atoms with Crippen molar-refractivity contribution in [3.63, 3.8) is 0 Å². The topological polar surface area (TPSA) is 89.5 Å². The van der Waals surface area contributed by atoms with Crippen molar-refractivity contribution in [1.29, 1.82) is 0 Å². The lowest BCUT2D eigenvalue weighted by molar-refractivity contribution is -0.129. The quantitative estimate of drug-likeness (QED) is 0.752. The molecule has 1 saturated heterocycles. The van der Waals surface area contributed by atoms with Crippen molar-refractivity contribution in [3.8, 4) is 0 Å². The number of H-pyrrole nitrogens is 1. The van der Waals surface area contributed by atoms with Crippen LogP contribution in [-0.4, -0.2) is 71.1 Å². The SMILES string of the molecule is CCc1nc(C)c(CC(=O)N2C[C@@H](CN(C)C)[C@@H](CO)C2)c(=O)[nH]1. The third-order valence-corrected chi connectivity index (χ3v) is 4.70. The second-order valence-corrected chi connectivity index (χ2v) is 6.87. The van der Waals surface area contributed by atoms with Crippen molar-refractivity contribution >= 4 is 5.91 Å². The molecular weight excluding hydrogens is 308 g/mol. The summed E-state index contributed by atoms with van der Waals surface area (Å²) in [5.74, 6) is 0.917. The summed E-state index contributed by atoms with van der Waals surface area (Å²) in [5.41, 5.74) is 0.830. The summed E-state index contributed by atoms with van der Waals surface area (Å²) in [7, 11) is 3.98. The van der Waals surface area contributed by atoms with Gasteiger partial charge in [-0.25, -0.2) is 4.98 Å². The first-order chi connectivity index (χ1) is 11.3. The average Bonchev–Trinajstić information content (AvgIpc) is 2.92. The fourth-order valence-corrected chi connectivity index (χ4v) is 3.33. The van der Waals surface area contributed by atoms with E-state index in [0.717, 1.165) is 6.54 Å². The Morgan fingerprint density at radius 2 is 2.04 bits per heavy atom. The maximum Gasteiger partial charge on any atom is 0.254 e. The summed E-state index contributed by atoms with van der Waals surface area (Å²) in [6.07, 6.45) is 0.714. The van der Waals surface area contributed by atoms with Gasteiger partial charge in [0.1, 0.15) is 5.82 Å². The van der Waals surface area contributed by atoms with Crippen LogP contribution in [0.2, 0.25) is 0 Å². The Balaban J connectivity index is 2.09. The predicted octanol–water partition coefficient (Wildman–Crippen LogP) is -0.188. The number of aryl methyl sites for hydroxylation is 2. The number of hydrogen-bond donors (Lipinski definition) is 2. The molecule has 0 spiro atoms. The van der Waals surface area contributed by atoms with E-state index in [4.69, 9.17) is 0 Å². The number of aliphatic hydroxyl groups is 1. The number of carbonyl (C=O) groups is 1. The van der Waals surface area contributed by atoms with Gasteiger partial charge >= 0.3 is 0 Å². The zero-order valence-corrected chi connectivity index (χ0v) is 15.0. The normalized spacial score (nSPS) is 20.8. The molecule has 2 atom stereocenters. The van der Waals surface area contributed by atoms with E-state index in [2.05, 4.69) is 14.9 Å². The number of rotatable bonds is 6. The van der Waals surface area contributed by atoms with Crippen LogP contribution in [0.5, 0.6) is 0 Å². The van der Waals surface area contributed by atoms with E-state index in [1.165, 1.54) is 0 Å². The number of hydrogen-bond acceptors (Lipinski definition) is 5. The van der Waals surface area contributed by atoms with Gasteiger partial charge in [0.25, 0.3) is 5.56 Å². The Labute approximate surface area is 142 Å². The summed E-state index contributed by atoms with van der Waals surface area (Å²) >= 11 is 0. The zero-order valence-electron chi connectivity index (χ0n) is 15.0. The number of nitrogens with one attached hydrogen (secondary N) is 1. The monoisotopic (exact) mass is 336 g/mol. The first-order valence-corrected chi connectivity index (χ1v) is 8.47. The van der Waals surface area contributed by atoms with Crippen molar-refractivity contribution in [3.05, 3.63) is 27.4 Å². The molecule has 0 saturated carbocycles. The molecule has 2 rings (SSSR count). The van der Waals surface area contributed by atoms with Crippen LogP contribution in [0.3, 0.4) is 0 Å². The highest BCUT2D eigenvalue weighted by Gasteiger charge is 2.35. The van der Waals surface area contributed by atoms with Crippen LogP contribution in [0.4, 0.5) is 0 Å². The predicted molar refractivity (Wildman–Crippen MR) is 91.9 cm³/mol. The van der Waals surface area contributed by atoms with Gasteiger partial charge in [0, 0.05) is 49.8 Å². The summed E-state index contributed by atoms with van der Waals surface area (Å²) in [6.45, 7) is 5.78. The van der Waals surface area contributed by atoms with Gasteiger partial charge in [-0.05, 0) is 26.9 Å². The number of nitrogens with zero attached hydrogens (tertiary/aromatic N) is 3. The minimum Gasteiger partial charge on any atom is -0.396 e. The molecule has 1 aliphatic heterocycles. The summed E-state index contributed by atoms with van der Waals surface area (Å²) in [4.78, 5) is 35.7. The summed E-state index contributed by atoms with van der Waals surface area (Å²) in [5, 5.41) is 9.56. The van der Waals surface area contributed by atoms with E-state index >= 15 is 0 Å². The lowest BCUT2D eigenvalue weighted by atomic mass is 9.97. The molecule has 1 aromatic rings. The second-order valence-electron chi connectivity index (χ2n) is 6.87. The molecule has 134 valence electrons. The smallest absolute Gasteiger partial charge is 0.254 e. The molecule has 2 heterocycles. The highest BCUT2D eigenvalue weighted by Crippen LogP contribution is 2.24. The molecule has 2 N–H and O–H groups in total. The highest BCUT2D eigenvalue weighted by atomic mass is 16.3. The lowest BCUT2D eigenvalue weighted by Gasteiger charge is -2.20. The first kappa shape index (κ1) is 18.6. The van der Waals surface area contributed by atoms with Crippen molar-refractivity contribution in [2.45, 2.75) is 26.7 Å². The van der Waals surface area contributed by atoms with Crippen LogP contribution in [-0.2, 0) is 17.6 Å². The van der Waals surface area contributed by atoms with Crippen molar-refractivity contribution < 1.29 is 9.90 Å². The largest absolute Gasteiger partial charge is 0.396 e. The second kappa shape index (κ2) is 7.90. The number of aliphatic hydroxyl groups excluding tert-OH is 1. The van der Waals surface area contributed by atoms with Gasteiger partial charge in [-0.2, -0.15) is 0 Å². The molecule has 1 aliphatic rings. The van der Waals surface area contributed by atoms with Crippen molar-refractivity contribution in [2.24, 2.45) is 11.8 Å². The standard InChI is InChI=1S/C17H28N4O3/c1-5-15-18-11(2)14(17(24)19-15)6-16(23)21-8-12(7-20(3)4)13(9-21)10-22/h12-13,22H,5-10H2,1-4H3,(H,18,19,24)/t12-,13-/m1/s1. The first-order valence-electron chi connectivity index (χ1n) is 8.47. The number of carbonyl (C=O) groups excluding carboxylic acids is 1. The van der Waals surface area contributed by atoms with E-state index in [1.807, 2.05) is 21.0 Å². The molecule has 0 radical (unpaired) electrons. The molecule has 0 aliphatic carbocycles. The molecule has 1 fully saturated rings. The Morgan fingerprint density at radius 3 is 2.58 bits per heavy atom. The van der Waals surface area contributed by atoms with Gasteiger partial charge in [0.05, 0.1) is 6.42 Å². The van der Waals surface area contributed by atoms with E-state index in [-0.39, 0.29) is 36.3 Å². The third kappa shape index (κ3) is 4.21. The zero-order chi connectivity index (χ0) is 17.9. The number of likely N-dealkylation sites (tertiary alicyclic amines) is 1. The van der Waals surface area contributed by atoms with Gasteiger partial charge in [-0.1, -0.05) is 6.92 Å². The molecular formula is C17H28N4O3. The molecule has 0 unspecified atom stereocenters. The summed E-state index contributed by atoms with van der Waals surface area (Å²) in [6, 6.07) is 0. The molecule has 1 aromatic heterocycles. The molecule has 7 nitrogen and oxygen atoms in total. The molecule has 0 bridgehead atoms. The van der Waals surface area contributed by atoms with Crippen LogP contribution < -0.4 is 5.56 Å². The molecule has 7 heteroatoms. The highest BCUT2D eigenvalue weighted by molar-refractivity contribution is 5.79. The minimum atomic E-state index is -0.226. The molecule has 24 heavy (non-hydrogen) atoms. The van der Waals surface area contributed by atoms with Gasteiger partial charge in [-0.15, -0.1) is 0 Å². The lowest BCUT2D eigenvalue weighted by Crippen LogP contribution is -2.33. The fourth-order valence-electron chi connectivity index (χ4n) is 3.33. The fraction of sp³-hybridized carbons (Fsp3) is 0.706. The maximum atomic E-state index is 12.6. The Morgan fingerprint density at radius 1 is 1.38 bits per heavy atom. The Hall–Kier alpha value is -1.73. The van der Waals surface area contributed by atoms with E-state index in [1.54, 1.807) is 11.8 Å². The molecule has 0 aromatic carbocycles. The Bertz CT molecular complexity index is 641. The van der Waals surface area contributed by atoms with Crippen molar-refractivity contribution in [2.75, 3.05) is 40.3 Å². The van der Waals surface area contributed by atoms with Crippen LogP contribution in [0.1, 0.15) is 24.0 Å². The van der Waals surface area contributed by atoms with Crippen LogP contribution >= 0.6 is 0 Å². The van der Waals surface area contributed by atoms with Crippen LogP contribution in [0.15, 0.2) is 4.79 Å². The van der Waals surface area contributed by atoms with Gasteiger partial charge in [-0.3, -0.25) is 9.59 Å². The average molecular weight is 336 g/mol. The number of amides is 1. The van der Waals surface area contributed by atoms with Gasteiger partial charge in [0.2, 0.25) is 5.91 Å². The minimum absolute atomic E-state index is 0.0605.